The van der Waals surface area contributed by atoms with Gasteiger partial charge in [-0.05, 0) is 23.8 Å². The highest BCUT2D eigenvalue weighted by Gasteiger charge is 2.16. The number of hydrogen-bond donors (Lipinski definition) is 2. The summed E-state index contributed by atoms with van der Waals surface area (Å²) in [6.07, 6.45) is 0.0610. The van der Waals surface area contributed by atoms with Crippen molar-refractivity contribution < 1.29 is 13.5 Å². The lowest BCUT2D eigenvalue weighted by Crippen LogP contribution is -2.33. The van der Waals surface area contributed by atoms with Gasteiger partial charge in [0.15, 0.2) is 0 Å². The van der Waals surface area contributed by atoms with Crippen LogP contribution in [0, 0.1) is 11.6 Å². The molecule has 0 radical (unpaired) electrons. The van der Waals surface area contributed by atoms with Crippen molar-refractivity contribution in [3.63, 3.8) is 0 Å². The van der Waals surface area contributed by atoms with E-state index in [9.17, 15) is 8.78 Å². The van der Waals surface area contributed by atoms with Crippen LogP contribution >= 0.6 is 12.4 Å². The Morgan fingerprint density at radius 2 is 1.85 bits per heavy atom. The summed E-state index contributed by atoms with van der Waals surface area (Å²) in [5, 5.41) is 10.4. The van der Waals surface area contributed by atoms with E-state index in [-0.39, 0.29) is 18.5 Å². The average molecular weight is 378 g/mol. The van der Waals surface area contributed by atoms with E-state index in [1.807, 2.05) is 24.3 Å². The van der Waals surface area contributed by atoms with Crippen LogP contribution in [0.3, 0.4) is 0 Å². The summed E-state index contributed by atoms with van der Waals surface area (Å²) in [5.41, 5.74) is 3.52. The van der Waals surface area contributed by atoms with E-state index in [0.29, 0.717) is 23.6 Å². The fourth-order valence-corrected chi connectivity index (χ4v) is 2.96. The number of aromatic amines is 1. The quantitative estimate of drug-likeness (QED) is 0.722. The maximum absolute atomic E-state index is 13.9. The number of aromatic nitrogens is 2. The molecule has 0 spiro atoms. The molecule has 2 aromatic carbocycles. The summed E-state index contributed by atoms with van der Waals surface area (Å²) in [7, 11) is 0. The SMILES string of the molecule is Cl.Fc1ccc(-c2cc(-c3ccc([C@@H]4CNCCO4)cc3)n[nH]2)c(F)c1. The standard InChI is InChI=1S/C19H17F2N3O.ClH/c20-14-5-6-15(16(21)9-14)18-10-17(23-24-18)12-1-3-13(4-2-12)19-11-22-7-8-25-19;/h1-6,9-10,19,22H,7-8,11H2,(H,23,24);1H/t19-;/m0./s1. The molecule has 4 rings (SSSR count). The lowest BCUT2D eigenvalue weighted by Gasteiger charge is -2.24. The van der Waals surface area contributed by atoms with E-state index < -0.39 is 11.6 Å². The minimum absolute atomic E-state index is 0. The second kappa shape index (κ2) is 7.95. The molecule has 136 valence electrons. The van der Waals surface area contributed by atoms with Crippen LogP contribution in [0.1, 0.15) is 11.7 Å². The third-order valence-electron chi connectivity index (χ3n) is 4.31. The van der Waals surface area contributed by atoms with Gasteiger partial charge in [-0.1, -0.05) is 24.3 Å². The van der Waals surface area contributed by atoms with Gasteiger partial charge in [0.1, 0.15) is 11.6 Å². The smallest absolute Gasteiger partial charge is 0.135 e. The maximum Gasteiger partial charge on any atom is 0.135 e. The molecule has 1 aliphatic heterocycles. The van der Waals surface area contributed by atoms with E-state index in [1.54, 1.807) is 6.07 Å². The monoisotopic (exact) mass is 377 g/mol. The van der Waals surface area contributed by atoms with Crippen molar-refractivity contribution in [2.24, 2.45) is 0 Å². The summed E-state index contributed by atoms with van der Waals surface area (Å²) in [6.45, 7) is 2.39. The van der Waals surface area contributed by atoms with E-state index in [4.69, 9.17) is 4.74 Å². The third kappa shape index (κ3) is 3.77. The molecule has 4 nitrogen and oxygen atoms in total. The van der Waals surface area contributed by atoms with Crippen molar-refractivity contribution in [1.29, 1.82) is 0 Å². The van der Waals surface area contributed by atoms with Gasteiger partial charge in [-0.25, -0.2) is 8.78 Å². The minimum atomic E-state index is -0.618. The molecule has 1 aromatic heterocycles. The molecule has 2 N–H and O–H groups in total. The molecule has 0 saturated carbocycles. The first kappa shape index (κ1) is 18.5. The molecule has 3 aromatic rings. The van der Waals surface area contributed by atoms with E-state index in [0.717, 1.165) is 30.3 Å². The number of hydrogen-bond acceptors (Lipinski definition) is 3. The number of halogens is 3. The third-order valence-corrected chi connectivity index (χ3v) is 4.31. The first-order valence-electron chi connectivity index (χ1n) is 8.14. The number of nitrogens with one attached hydrogen (secondary N) is 2. The molecule has 1 saturated heterocycles. The normalized spacial score (nSPS) is 16.9. The van der Waals surface area contributed by atoms with Crippen molar-refractivity contribution >= 4 is 12.4 Å². The Balaban J connectivity index is 0.00000196. The lowest BCUT2D eigenvalue weighted by atomic mass is 10.0. The van der Waals surface area contributed by atoms with Crippen molar-refractivity contribution in [2.75, 3.05) is 19.7 Å². The van der Waals surface area contributed by atoms with Gasteiger partial charge in [-0.3, -0.25) is 5.10 Å². The molecular weight excluding hydrogens is 360 g/mol. The Morgan fingerprint density at radius 3 is 2.54 bits per heavy atom. The van der Waals surface area contributed by atoms with Gasteiger partial charge in [0.2, 0.25) is 0 Å². The van der Waals surface area contributed by atoms with Crippen LogP contribution < -0.4 is 5.32 Å². The molecule has 1 atom stereocenters. The maximum atomic E-state index is 13.9. The van der Waals surface area contributed by atoms with E-state index in [2.05, 4.69) is 15.5 Å². The molecular formula is C19H18ClF2N3O. The number of benzene rings is 2. The summed E-state index contributed by atoms with van der Waals surface area (Å²) >= 11 is 0. The number of morpholine rings is 1. The lowest BCUT2D eigenvalue weighted by molar-refractivity contribution is 0.0277. The van der Waals surface area contributed by atoms with Gasteiger partial charge < -0.3 is 10.1 Å². The first-order chi connectivity index (χ1) is 12.2. The summed E-state index contributed by atoms with van der Waals surface area (Å²) in [5.74, 6) is -1.22. The van der Waals surface area contributed by atoms with Crippen molar-refractivity contribution in [1.82, 2.24) is 15.5 Å². The van der Waals surface area contributed by atoms with Gasteiger partial charge in [0.25, 0.3) is 0 Å². The summed E-state index contributed by atoms with van der Waals surface area (Å²) in [4.78, 5) is 0. The number of H-pyrrole nitrogens is 1. The Labute approximate surface area is 156 Å². The largest absolute Gasteiger partial charge is 0.371 e. The zero-order valence-corrected chi connectivity index (χ0v) is 14.7. The summed E-state index contributed by atoms with van der Waals surface area (Å²) in [6, 6.07) is 13.2. The fourth-order valence-electron chi connectivity index (χ4n) is 2.96. The predicted octanol–water partition coefficient (Wildman–Crippen LogP) is 4.10. The molecule has 1 fully saturated rings. The number of rotatable bonds is 3. The average Bonchev–Trinajstić information content (AvgIpc) is 3.12. The van der Waals surface area contributed by atoms with Crippen molar-refractivity contribution in [3.8, 4) is 22.5 Å². The molecule has 0 amide bonds. The molecule has 2 heterocycles. The molecule has 1 aliphatic rings. The van der Waals surface area contributed by atoms with Gasteiger partial charge in [-0.15, -0.1) is 12.4 Å². The van der Waals surface area contributed by atoms with Crippen molar-refractivity contribution in [3.05, 3.63) is 65.7 Å². The van der Waals surface area contributed by atoms with Crippen LogP contribution in [0.25, 0.3) is 22.5 Å². The highest BCUT2D eigenvalue weighted by Crippen LogP contribution is 2.27. The van der Waals surface area contributed by atoms with E-state index in [1.165, 1.54) is 12.1 Å². The highest BCUT2D eigenvalue weighted by atomic mass is 35.5. The predicted molar refractivity (Wildman–Crippen MR) is 98.2 cm³/mol. The zero-order chi connectivity index (χ0) is 17.2. The van der Waals surface area contributed by atoms with Gasteiger partial charge in [0, 0.05) is 30.3 Å². The van der Waals surface area contributed by atoms with Gasteiger partial charge >= 0.3 is 0 Å². The van der Waals surface area contributed by atoms with Gasteiger partial charge in [0.05, 0.1) is 24.1 Å². The molecule has 0 aliphatic carbocycles. The second-order valence-electron chi connectivity index (χ2n) is 5.98. The Bertz CT molecular complexity index is 877. The zero-order valence-electron chi connectivity index (χ0n) is 13.8. The van der Waals surface area contributed by atoms with Crippen LogP contribution in [0.2, 0.25) is 0 Å². The van der Waals surface area contributed by atoms with Crippen LogP contribution in [-0.4, -0.2) is 29.9 Å². The van der Waals surface area contributed by atoms with Crippen LogP contribution in [0.4, 0.5) is 8.78 Å². The Hall–Kier alpha value is -2.28. The minimum Gasteiger partial charge on any atom is -0.371 e. The molecule has 7 heteroatoms. The summed E-state index contributed by atoms with van der Waals surface area (Å²) < 4.78 is 32.7. The number of ether oxygens (including phenoxy) is 1. The second-order valence-corrected chi connectivity index (χ2v) is 5.98. The van der Waals surface area contributed by atoms with Crippen LogP contribution in [0.5, 0.6) is 0 Å². The van der Waals surface area contributed by atoms with Crippen molar-refractivity contribution in [2.45, 2.75) is 6.10 Å². The first-order valence-corrected chi connectivity index (χ1v) is 8.14. The van der Waals surface area contributed by atoms with Crippen LogP contribution in [-0.2, 0) is 4.74 Å². The van der Waals surface area contributed by atoms with Crippen LogP contribution in [0.15, 0.2) is 48.5 Å². The van der Waals surface area contributed by atoms with Gasteiger partial charge in [-0.2, -0.15) is 5.10 Å². The molecule has 26 heavy (non-hydrogen) atoms. The fraction of sp³-hybridized carbons (Fsp3) is 0.211. The van der Waals surface area contributed by atoms with E-state index >= 15 is 0 Å². The highest BCUT2D eigenvalue weighted by molar-refractivity contribution is 5.85. The Kier molecular flexibility index (Phi) is 5.66. The molecule has 0 bridgehead atoms. The molecule has 0 unspecified atom stereocenters. The topological polar surface area (TPSA) is 49.9 Å². The Morgan fingerprint density at radius 1 is 1.04 bits per heavy atom. The number of nitrogens with zero attached hydrogens (tertiary/aromatic N) is 1.